The monoisotopic (exact) mass is 414 g/mol. The first-order chi connectivity index (χ1) is 14.0. The third-order valence-corrected chi connectivity index (χ3v) is 8.76. The summed E-state index contributed by atoms with van der Waals surface area (Å²) < 4.78 is 5.87. The molecule has 0 aromatic rings. The van der Waals surface area contributed by atoms with E-state index in [1.54, 1.807) is 19.9 Å². The molecule has 2 N–H and O–H groups in total. The third-order valence-electron chi connectivity index (χ3n) is 8.76. The molecule has 8 atom stereocenters. The predicted octanol–water partition coefficient (Wildman–Crippen LogP) is 3.22. The average Bonchev–Trinajstić information content (AvgIpc) is 3.14. The Morgan fingerprint density at radius 2 is 2.00 bits per heavy atom. The van der Waals surface area contributed by atoms with E-state index in [0.717, 1.165) is 12.0 Å². The van der Waals surface area contributed by atoms with E-state index in [0.29, 0.717) is 17.1 Å². The second kappa shape index (κ2) is 6.89. The zero-order chi connectivity index (χ0) is 22.2. The number of hydrogen-bond acceptors (Lipinski definition) is 5. The fourth-order valence-electron chi connectivity index (χ4n) is 6.82. The summed E-state index contributed by atoms with van der Waals surface area (Å²) in [5.41, 5.74) is 0.960. The van der Waals surface area contributed by atoms with Crippen molar-refractivity contribution in [3.05, 3.63) is 34.9 Å². The Morgan fingerprint density at radius 3 is 2.60 bits per heavy atom. The van der Waals surface area contributed by atoms with Gasteiger partial charge in [-0.1, -0.05) is 39.0 Å². The molecular weight excluding hydrogens is 380 g/mol. The molecule has 0 aromatic heterocycles. The zero-order valence-electron chi connectivity index (χ0n) is 18.8. The van der Waals surface area contributed by atoms with Crippen LogP contribution in [0.1, 0.15) is 48.0 Å². The van der Waals surface area contributed by atoms with Gasteiger partial charge in [-0.3, -0.25) is 4.79 Å². The molecule has 4 rings (SSSR count). The molecule has 0 aliphatic heterocycles. The van der Waals surface area contributed by atoms with Gasteiger partial charge in [0.25, 0.3) is 0 Å². The summed E-state index contributed by atoms with van der Waals surface area (Å²) in [6.07, 6.45) is 4.68. The molecule has 2 fully saturated rings. The normalized spacial score (nSPS) is 44.2. The van der Waals surface area contributed by atoms with Crippen molar-refractivity contribution in [2.75, 3.05) is 6.61 Å². The molecular formula is C25H34O5. The number of esters is 1. The molecule has 30 heavy (non-hydrogen) atoms. The highest BCUT2D eigenvalue weighted by molar-refractivity contribution is 5.94. The Hall–Kier alpha value is -1.72. The molecule has 164 valence electrons. The summed E-state index contributed by atoms with van der Waals surface area (Å²) in [6, 6.07) is 0. The topological polar surface area (TPSA) is 83.8 Å². The smallest absolute Gasteiger partial charge is 0.333 e. The molecule has 0 amide bonds. The van der Waals surface area contributed by atoms with Gasteiger partial charge in [0.05, 0.1) is 18.1 Å². The zero-order valence-corrected chi connectivity index (χ0v) is 18.8. The van der Waals surface area contributed by atoms with E-state index in [1.165, 1.54) is 0 Å². The van der Waals surface area contributed by atoms with Gasteiger partial charge in [-0.2, -0.15) is 0 Å². The number of carbonyl (C=O) groups excluding carboxylic acids is 2. The van der Waals surface area contributed by atoms with Crippen LogP contribution in [0.3, 0.4) is 0 Å². The molecule has 4 aliphatic rings. The molecule has 5 nitrogen and oxygen atoms in total. The lowest BCUT2D eigenvalue weighted by Gasteiger charge is -2.42. The minimum absolute atomic E-state index is 0.0110. The number of rotatable bonds is 3. The first-order valence-corrected chi connectivity index (χ1v) is 11.1. The van der Waals surface area contributed by atoms with Crippen molar-refractivity contribution >= 4 is 11.8 Å². The minimum Gasteiger partial charge on any atom is -0.454 e. The summed E-state index contributed by atoms with van der Waals surface area (Å²) in [7, 11) is 0. The van der Waals surface area contributed by atoms with Crippen molar-refractivity contribution in [3.8, 4) is 0 Å². The van der Waals surface area contributed by atoms with Gasteiger partial charge in [-0.05, 0) is 61.5 Å². The lowest BCUT2D eigenvalue weighted by Crippen LogP contribution is -2.50. The molecule has 1 spiro atoms. The van der Waals surface area contributed by atoms with Crippen molar-refractivity contribution in [1.29, 1.82) is 0 Å². The van der Waals surface area contributed by atoms with E-state index < -0.39 is 29.5 Å². The number of carbonyl (C=O) groups is 2. The van der Waals surface area contributed by atoms with E-state index in [4.69, 9.17) is 4.74 Å². The molecule has 2 unspecified atom stereocenters. The van der Waals surface area contributed by atoms with Gasteiger partial charge in [0.15, 0.2) is 5.78 Å². The molecule has 0 radical (unpaired) electrons. The lowest BCUT2D eigenvalue weighted by molar-refractivity contribution is -0.153. The fourth-order valence-corrected chi connectivity index (χ4v) is 6.82. The molecule has 2 saturated carbocycles. The quantitative estimate of drug-likeness (QED) is 0.421. The molecule has 5 heteroatoms. The van der Waals surface area contributed by atoms with E-state index in [-0.39, 0.29) is 35.6 Å². The predicted molar refractivity (Wildman–Crippen MR) is 113 cm³/mol. The molecule has 0 aromatic carbocycles. The van der Waals surface area contributed by atoms with Crippen LogP contribution in [0, 0.1) is 40.4 Å². The number of allylic oxidation sites excluding steroid dienone is 3. The SMILES string of the molecule is C/C=C(/C)C(=O)O[C@H]1C(C)=CC23C(=O)[C@@H](C=C(CO)[C@@H](O)[C@H]12)[C@H]1[C@@H](CC3C)C1(C)C. The molecule has 4 aliphatic carbocycles. The second-order valence-corrected chi connectivity index (χ2v) is 10.5. The van der Waals surface area contributed by atoms with Gasteiger partial charge >= 0.3 is 5.97 Å². The second-order valence-electron chi connectivity index (χ2n) is 10.5. The Balaban J connectivity index is 1.84. The maximum Gasteiger partial charge on any atom is 0.333 e. The van der Waals surface area contributed by atoms with Crippen LogP contribution in [0.15, 0.2) is 34.9 Å². The van der Waals surface area contributed by atoms with Gasteiger partial charge in [-0.15, -0.1) is 0 Å². The lowest BCUT2D eigenvalue weighted by atomic mass is 9.61. The van der Waals surface area contributed by atoms with Crippen LogP contribution in [-0.4, -0.2) is 40.8 Å². The van der Waals surface area contributed by atoms with Crippen LogP contribution in [0.4, 0.5) is 0 Å². The van der Waals surface area contributed by atoms with Crippen molar-refractivity contribution in [2.24, 2.45) is 40.4 Å². The highest BCUT2D eigenvalue weighted by atomic mass is 16.5. The summed E-state index contributed by atoms with van der Waals surface area (Å²) in [5, 5.41) is 21.5. The van der Waals surface area contributed by atoms with E-state index in [9.17, 15) is 19.8 Å². The number of Topliss-reactive ketones (excluding diaryl/α,β-unsaturated/α-hetero) is 1. The van der Waals surface area contributed by atoms with Crippen molar-refractivity contribution in [3.63, 3.8) is 0 Å². The summed E-state index contributed by atoms with van der Waals surface area (Å²) >= 11 is 0. The molecule has 0 saturated heterocycles. The van der Waals surface area contributed by atoms with Crippen molar-refractivity contribution in [2.45, 2.75) is 60.2 Å². The Morgan fingerprint density at radius 1 is 1.33 bits per heavy atom. The summed E-state index contributed by atoms with van der Waals surface area (Å²) in [5.74, 6) is -0.593. The van der Waals surface area contributed by atoms with Crippen molar-refractivity contribution < 1.29 is 24.5 Å². The van der Waals surface area contributed by atoms with Gasteiger partial charge in [0.2, 0.25) is 0 Å². The maximum absolute atomic E-state index is 14.1. The fraction of sp³-hybridized carbons (Fsp3) is 0.680. The molecule has 2 bridgehead atoms. The maximum atomic E-state index is 14.1. The third kappa shape index (κ3) is 2.67. The first kappa shape index (κ1) is 21.5. The number of ketones is 1. The Kier molecular flexibility index (Phi) is 4.94. The molecule has 0 heterocycles. The van der Waals surface area contributed by atoms with Gasteiger partial charge in [-0.25, -0.2) is 4.79 Å². The largest absolute Gasteiger partial charge is 0.454 e. The standard InChI is InChI=1S/C25H34O5/c1-7-12(2)23(29)30-21-13(3)10-25-14(4)8-17-18(24(17,5)6)16(22(25)28)9-15(11-26)20(27)19(21)25/h7,9-10,14,16-21,26-27H,8,11H2,1-6H3/b12-7-/t14?,16-,17+,18-,19+,20+,21-,25?/m0/s1. The van der Waals surface area contributed by atoms with Crippen LogP contribution in [0.25, 0.3) is 0 Å². The number of fused-ring (bicyclic) bond motifs is 3. The van der Waals surface area contributed by atoms with Crippen LogP contribution in [0.5, 0.6) is 0 Å². The van der Waals surface area contributed by atoms with Gasteiger partial charge in [0, 0.05) is 17.4 Å². The highest BCUT2D eigenvalue weighted by Crippen LogP contribution is 2.71. The Bertz CT molecular complexity index is 878. The van der Waals surface area contributed by atoms with Crippen LogP contribution in [0.2, 0.25) is 0 Å². The number of ether oxygens (including phenoxy) is 1. The summed E-state index contributed by atoms with van der Waals surface area (Å²) in [4.78, 5) is 26.7. The van der Waals surface area contributed by atoms with E-state index in [1.807, 2.05) is 19.1 Å². The van der Waals surface area contributed by atoms with Crippen LogP contribution >= 0.6 is 0 Å². The van der Waals surface area contributed by atoms with Crippen molar-refractivity contribution in [1.82, 2.24) is 0 Å². The highest BCUT2D eigenvalue weighted by Gasteiger charge is 2.71. The van der Waals surface area contributed by atoms with Crippen LogP contribution < -0.4 is 0 Å². The first-order valence-electron chi connectivity index (χ1n) is 11.1. The van der Waals surface area contributed by atoms with Gasteiger partial charge < -0.3 is 14.9 Å². The minimum atomic E-state index is -1.04. The number of aliphatic hydroxyl groups is 2. The number of hydrogen-bond donors (Lipinski definition) is 2. The van der Waals surface area contributed by atoms with Crippen LogP contribution in [-0.2, 0) is 14.3 Å². The Labute approximate surface area is 178 Å². The average molecular weight is 415 g/mol. The van der Waals surface area contributed by atoms with E-state index >= 15 is 0 Å². The van der Waals surface area contributed by atoms with Gasteiger partial charge in [0.1, 0.15) is 6.10 Å². The number of aliphatic hydroxyl groups excluding tert-OH is 2. The van der Waals surface area contributed by atoms with E-state index in [2.05, 4.69) is 20.8 Å². The summed E-state index contributed by atoms with van der Waals surface area (Å²) in [6.45, 7) is 11.6.